The van der Waals surface area contributed by atoms with Crippen molar-refractivity contribution in [2.75, 3.05) is 18.0 Å². The second-order valence-corrected chi connectivity index (χ2v) is 9.90. The molecule has 0 unspecified atom stereocenters. The van der Waals surface area contributed by atoms with E-state index in [0.29, 0.717) is 60.0 Å². The van der Waals surface area contributed by atoms with Gasteiger partial charge in [0.1, 0.15) is 17.2 Å². The molecular weight excluding hydrogens is 499 g/mol. The number of benzene rings is 1. The first-order chi connectivity index (χ1) is 18.2. The van der Waals surface area contributed by atoms with Crippen LogP contribution in [0, 0.1) is 24.1 Å². The quantitative estimate of drug-likeness (QED) is 0.374. The highest BCUT2D eigenvalue weighted by molar-refractivity contribution is 5.79. The van der Waals surface area contributed by atoms with Gasteiger partial charge in [0.25, 0.3) is 0 Å². The molecule has 1 aromatic carbocycles. The Kier molecular flexibility index (Phi) is 5.73. The number of carbonyl (C=O) groups is 1. The lowest BCUT2D eigenvalue weighted by atomic mass is 9.96. The number of pyridine rings is 1. The van der Waals surface area contributed by atoms with Gasteiger partial charge in [0.2, 0.25) is 5.95 Å². The van der Waals surface area contributed by atoms with Crippen LogP contribution in [0.4, 0.5) is 19.1 Å². The van der Waals surface area contributed by atoms with Crippen molar-refractivity contribution in [3.63, 3.8) is 0 Å². The lowest BCUT2D eigenvalue weighted by molar-refractivity contribution is -0.144. The summed E-state index contributed by atoms with van der Waals surface area (Å²) in [5.41, 5.74) is 2.44. The van der Waals surface area contributed by atoms with Crippen molar-refractivity contribution in [3.8, 4) is 16.9 Å². The maximum absolute atomic E-state index is 15.1. The standard InChI is InChI=1S/C27H24F3N5O3/c1-15-21(8-16-4-2-3-5-22(16)38-25(29)30)35-14-19(20(28)9-23(35)33-15)17-11-31-26(32-12-17)34-7-6-27(24(36)37)10-18(27)13-34/h2-5,9,11-12,14,18,25H,6-8,10,13H2,1H3,(H,36,37)/t18-,27+/m0/s1. The molecule has 11 heteroatoms. The van der Waals surface area contributed by atoms with E-state index in [9.17, 15) is 18.7 Å². The number of ether oxygens (including phenoxy) is 1. The summed E-state index contributed by atoms with van der Waals surface area (Å²) in [7, 11) is 0. The Morgan fingerprint density at radius 3 is 2.74 bits per heavy atom. The van der Waals surface area contributed by atoms with E-state index in [1.807, 2.05) is 4.90 Å². The summed E-state index contributed by atoms with van der Waals surface area (Å²) in [6.07, 6.45) is 6.19. The van der Waals surface area contributed by atoms with E-state index in [1.54, 1.807) is 48.1 Å². The molecule has 3 aromatic heterocycles. The van der Waals surface area contributed by atoms with Gasteiger partial charge in [0, 0.05) is 66.6 Å². The zero-order valence-electron chi connectivity index (χ0n) is 20.4. The summed E-state index contributed by atoms with van der Waals surface area (Å²) >= 11 is 0. The summed E-state index contributed by atoms with van der Waals surface area (Å²) in [6.45, 7) is -0.0274. The number of rotatable bonds is 7. The molecule has 1 N–H and O–H groups in total. The van der Waals surface area contributed by atoms with Crippen molar-refractivity contribution in [2.45, 2.75) is 32.8 Å². The predicted molar refractivity (Wildman–Crippen MR) is 132 cm³/mol. The van der Waals surface area contributed by atoms with Crippen LogP contribution in [0.5, 0.6) is 5.75 Å². The van der Waals surface area contributed by atoms with Crippen LogP contribution >= 0.6 is 0 Å². The fourth-order valence-electron chi connectivity index (χ4n) is 5.49. The van der Waals surface area contributed by atoms with E-state index in [1.165, 1.54) is 12.1 Å². The topological polar surface area (TPSA) is 92.9 Å². The first-order valence-electron chi connectivity index (χ1n) is 12.3. The molecule has 0 spiro atoms. The molecule has 8 nitrogen and oxygen atoms in total. The number of aryl methyl sites for hydroxylation is 1. The van der Waals surface area contributed by atoms with Crippen LogP contribution in [-0.4, -0.2) is 50.1 Å². The Hall–Kier alpha value is -4.15. The van der Waals surface area contributed by atoms with Crippen LogP contribution in [-0.2, 0) is 11.2 Å². The number of halogens is 3. The first-order valence-corrected chi connectivity index (χ1v) is 12.3. The summed E-state index contributed by atoms with van der Waals surface area (Å²) < 4.78 is 47.3. The monoisotopic (exact) mass is 523 g/mol. The highest BCUT2D eigenvalue weighted by Crippen LogP contribution is 2.58. The molecule has 6 rings (SSSR count). The van der Waals surface area contributed by atoms with Crippen molar-refractivity contribution < 1.29 is 27.8 Å². The average molecular weight is 524 g/mol. The number of carboxylic acids is 1. The molecule has 0 bridgehead atoms. The van der Waals surface area contributed by atoms with Crippen LogP contribution in [0.3, 0.4) is 0 Å². The Labute approximate surface area is 215 Å². The second kappa shape index (κ2) is 9.00. The van der Waals surface area contributed by atoms with Crippen LogP contribution in [0.15, 0.2) is 48.9 Å². The van der Waals surface area contributed by atoms with Gasteiger partial charge in [0.15, 0.2) is 0 Å². The SMILES string of the molecule is Cc1nc2cc(F)c(-c3cnc(N4CC[C@@]5(C(=O)O)C[C@H]5C4)nc3)cn2c1Cc1ccccc1OC(F)F. The van der Waals surface area contributed by atoms with Crippen LogP contribution in [0.2, 0.25) is 0 Å². The minimum atomic E-state index is -2.95. The molecule has 0 amide bonds. The highest BCUT2D eigenvalue weighted by Gasteiger charge is 2.62. The van der Waals surface area contributed by atoms with Crippen molar-refractivity contribution in [2.24, 2.45) is 11.3 Å². The van der Waals surface area contributed by atoms with Gasteiger partial charge in [0.05, 0.1) is 11.1 Å². The second-order valence-electron chi connectivity index (χ2n) is 9.90. The van der Waals surface area contributed by atoms with Gasteiger partial charge >= 0.3 is 12.6 Å². The number of hydrogen-bond donors (Lipinski definition) is 1. The summed E-state index contributed by atoms with van der Waals surface area (Å²) in [5.74, 6) is -0.572. The van der Waals surface area contributed by atoms with Crippen molar-refractivity contribution in [1.82, 2.24) is 19.4 Å². The smallest absolute Gasteiger partial charge is 0.387 e. The number of fused-ring (bicyclic) bond motifs is 2. The van der Waals surface area contributed by atoms with Crippen molar-refractivity contribution in [1.29, 1.82) is 0 Å². The zero-order chi connectivity index (χ0) is 26.6. The van der Waals surface area contributed by atoms with E-state index in [-0.39, 0.29) is 23.7 Å². The molecule has 196 valence electrons. The molecule has 2 aliphatic rings. The number of hydrogen-bond acceptors (Lipinski definition) is 6. The summed E-state index contributed by atoms with van der Waals surface area (Å²) in [6, 6.07) is 7.87. The van der Waals surface area contributed by atoms with Crippen molar-refractivity contribution in [3.05, 3.63) is 71.7 Å². The Balaban J connectivity index is 1.28. The number of nitrogens with zero attached hydrogens (tertiary/aromatic N) is 5. The van der Waals surface area contributed by atoms with Crippen LogP contribution in [0.1, 0.15) is 29.8 Å². The van der Waals surface area contributed by atoms with Crippen molar-refractivity contribution >= 4 is 17.6 Å². The third-order valence-corrected chi connectivity index (χ3v) is 7.71. The van der Waals surface area contributed by atoms with Gasteiger partial charge in [-0.1, -0.05) is 18.2 Å². The molecule has 2 fully saturated rings. The number of aromatic nitrogens is 4. The molecule has 4 heterocycles. The molecule has 0 radical (unpaired) electrons. The molecule has 38 heavy (non-hydrogen) atoms. The van der Waals surface area contributed by atoms with Gasteiger partial charge in [-0.15, -0.1) is 0 Å². The van der Waals surface area contributed by atoms with E-state index < -0.39 is 23.8 Å². The Bertz CT molecular complexity index is 1540. The number of alkyl halides is 2. The molecule has 4 aromatic rings. The number of carboxylic acid groups (broad SMARTS) is 1. The molecule has 1 aliphatic carbocycles. The van der Waals surface area contributed by atoms with E-state index in [0.717, 1.165) is 0 Å². The van der Waals surface area contributed by atoms with E-state index in [4.69, 9.17) is 0 Å². The Morgan fingerprint density at radius 2 is 2.03 bits per heavy atom. The zero-order valence-corrected chi connectivity index (χ0v) is 20.4. The molecular formula is C27H24F3N5O3. The van der Waals surface area contributed by atoms with Gasteiger partial charge in [-0.25, -0.2) is 19.3 Å². The third kappa shape index (κ3) is 4.11. The lowest BCUT2D eigenvalue weighted by Crippen LogP contribution is -2.38. The van der Waals surface area contributed by atoms with Gasteiger partial charge in [-0.05, 0) is 31.7 Å². The normalized spacial score (nSPS) is 20.6. The fraction of sp³-hybridized carbons (Fsp3) is 0.333. The molecule has 1 saturated carbocycles. The lowest BCUT2D eigenvalue weighted by Gasteiger charge is -2.29. The number of piperidine rings is 1. The first kappa shape index (κ1) is 24.2. The van der Waals surface area contributed by atoms with Gasteiger partial charge in [-0.3, -0.25) is 4.79 Å². The number of aliphatic carboxylic acids is 1. The maximum atomic E-state index is 15.1. The number of imidazole rings is 1. The third-order valence-electron chi connectivity index (χ3n) is 7.71. The Morgan fingerprint density at radius 1 is 1.26 bits per heavy atom. The molecule has 1 aliphatic heterocycles. The molecule has 1 saturated heterocycles. The summed E-state index contributed by atoms with van der Waals surface area (Å²) in [5, 5.41) is 9.48. The predicted octanol–water partition coefficient (Wildman–Crippen LogP) is 4.73. The largest absolute Gasteiger partial charge is 0.481 e. The van der Waals surface area contributed by atoms with E-state index in [2.05, 4.69) is 19.7 Å². The fourth-order valence-corrected chi connectivity index (χ4v) is 5.49. The van der Waals surface area contributed by atoms with Gasteiger partial charge < -0.3 is 19.1 Å². The average Bonchev–Trinajstić information content (AvgIpc) is 3.57. The highest BCUT2D eigenvalue weighted by atomic mass is 19.3. The van der Waals surface area contributed by atoms with Crippen LogP contribution < -0.4 is 9.64 Å². The summed E-state index contributed by atoms with van der Waals surface area (Å²) in [4.78, 5) is 26.9. The van der Waals surface area contributed by atoms with E-state index >= 15 is 4.39 Å². The number of para-hydroxylation sites is 1. The molecule has 2 atom stereocenters. The minimum Gasteiger partial charge on any atom is -0.481 e. The maximum Gasteiger partial charge on any atom is 0.387 e. The van der Waals surface area contributed by atoms with Crippen LogP contribution in [0.25, 0.3) is 16.8 Å². The van der Waals surface area contributed by atoms with Gasteiger partial charge in [-0.2, -0.15) is 8.78 Å². The number of anilines is 1. The minimum absolute atomic E-state index is 0.0766.